The van der Waals surface area contributed by atoms with E-state index in [-0.39, 0.29) is 40.1 Å². The zero-order valence-electron chi connectivity index (χ0n) is 16.2. The minimum atomic E-state index is -4.40. The van der Waals surface area contributed by atoms with E-state index in [2.05, 4.69) is 10.6 Å². The molecule has 1 aromatic rings. The molecule has 0 radical (unpaired) electrons. The number of alkyl carbamates (subject to hydrolysis) is 1. The number of fused-ring (bicyclic) bond motifs is 2. The molecule has 158 valence electrons. The average Bonchev–Trinajstić information content (AvgIpc) is 3.12. The molecule has 1 fully saturated rings. The summed E-state index contributed by atoms with van der Waals surface area (Å²) in [5.41, 5.74) is -4.78. The van der Waals surface area contributed by atoms with Gasteiger partial charge in [-0.25, -0.2) is 4.79 Å². The van der Waals surface area contributed by atoms with Gasteiger partial charge < -0.3 is 15.4 Å². The zero-order valence-corrected chi connectivity index (χ0v) is 17.1. The molecule has 1 aromatic carbocycles. The van der Waals surface area contributed by atoms with Crippen LogP contribution < -0.4 is 10.6 Å². The van der Waals surface area contributed by atoms with E-state index in [1.807, 2.05) is 12.2 Å². The third-order valence-corrected chi connectivity index (χ3v) is 5.50. The number of thioether (sulfide) groups is 1. The molecule has 0 aliphatic heterocycles. The predicted molar refractivity (Wildman–Crippen MR) is 104 cm³/mol. The smallest absolute Gasteiger partial charge is 0.444 e. The SMILES string of the molecule is CC(C)(C)OC(=O)N[C@H]1[C@@H](C(=O)Nc2cccc(SC(F)(F)F)c2)[C@@H]2C=C[C@H]1C2. The molecule has 0 saturated heterocycles. The number of allylic oxidation sites excluding steroid dienone is 1. The topological polar surface area (TPSA) is 67.4 Å². The lowest BCUT2D eigenvalue weighted by Crippen LogP contribution is -2.48. The van der Waals surface area contributed by atoms with Gasteiger partial charge in [0.25, 0.3) is 0 Å². The Hall–Kier alpha value is -2.16. The maximum Gasteiger partial charge on any atom is 0.446 e. The van der Waals surface area contributed by atoms with Crippen molar-refractivity contribution in [2.45, 2.75) is 49.2 Å². The van der Waals surface area contributed by atoms with Crippen molar-refractivity contribution in [3.8, 4) is 0 Å². The van der Waals surface area contributed by atoms with Gasteiger partial charge in [0.2, 0.25) is 5.91 Å². The minimum Gasteiger partial charge on any atom is -0.444 e. The molecule has 2 N–H and O–H groups in total. The van der Waals surface area contributed by atoms with Crippen molar-refractivity contribution in [1.82, 2.24) is 5.32 Å². The first-order chi connectivity index (χ1) is 13.4. The minimum absolute atomic E-state index is 0.00781. The van der Waals surface area contributed by atoms with Crippen LogP contribution in [0.2, 0.25) is 0 Å². The first-order valence-electron chi connectivity index (χ1n) is 9.26. The van der Waals surface area contributed by atoms with Gasteiger partial charge in [0.1, 0.15) is 5.60 Å². The molecular weight excluding hydrogens is 405 g/mol. The lowest BCUT2D eigenvalue weighted by molar-refractivity contribution is -0.121. The van der Waals surface area contributed by atoms with Gasteiger partial charge in [-0.15, -0.1) is 0 Å². The quantitative estimate of drug-likeness (QED) is 0.526. The zero-order chi connectivity index (χ0) is 21.4. The number of anilines is 1. The van der Waals surface area contributed by atoms with Crippen molar-refractivity contribution in [2.24, 2.45) is 17.8 Å². The number of benzene rings is 1. The van der Waals surface area contributed by atoms with E-state index in [1.54, 1.807) is 20.8 Å². The van der Waals surface area contributed by atoms with Gasteiger partial charge >= 0.3 is 11.6 Å². The van der Waals surface area contributed by atoms with Gasteiger partial charge in [-0.05, 0) is 69.0 Å². The highest BCUT2D eigenvalue weighted by Gasteiger charge is 2.49. The molecule has 4 atom stereocenters. The molecule has 0 heterocycles. The Balaban J connectivity index is 1.70. The Labute approximate surface area is 171 Å². The fourth-order valence-corrected chi connectivity index (χ4v) is 4.42. The standard InChI is InChI=1S/C20H23F3N2O3S/c1-19(2,3)28-18(27)25-16-12-8-7-11(9-12)15(16)17(26)24-13-5-4-6-14(10-13)29-20(21,22)23/h4-8,10-12,15-16H,9H2,1-3H3,(H,24,26)(H,25,27)/t11-,12+,15+,16-/m1/s1. The molecule has 0 unspecified atom stereocenters. The van der Waals surface area contributed by atoms with Crippen LogP contribution >= 0.6 is 11.8 Å². The normalized spacial score (nSPS) is 25.7. The summed E-state index contributed by atoms with van der Waals surface area (Å²) in [6.45, 7) is 5.26. The van der Waals surface area contributed by atoms with E-state index in [1.165, 1.54) is 24.3 Å². The van der Waals surface area contributed by atoms with E-state index < -0.39 is 29.2 Å². The Kier molecular flexibility index (Phi) is 5.89. The Bertz CT molecular complexity index is 820. The second-order valence-corrected chi connectivity index (χ2v) is 9.35. The largest absolute Gasteiger partial charge is 0.446 e. The summed E-state index contributed by atoms with van der Waals surface area (Å²) >= 11 is -0.235. The number of hydrogen-bond acceptors (Lipinski definition) is 4. The maximum absolute atomic E-state index is 12.9. The van der Waals surface area contributed by atoms with Crippen LogP contribution in [0.1, 0.15) is 27.2 Å². The van der Waals surface area contributed by atoms with Gasteiger partial charge in [0, 0.05) is 10.6 Å². The number of carbonyl (C=O) groups excluding carboxylic acids is 2. The maximum atomic E-state index is 12.9. The van der Waals surface area contributed by atoms with Gasteiger partial charge in [-0.2, -0.15) is 13.2 Å². The number of rotatable bonds is 4. The third-order valence-electron chi connectivity index (χ3n) is 4.78. The molecule has 0 spiro atoms. The molecule has 2 aliphatic rings. The Morgan fingerprint density at radius 2 is 1.83 bits per heavy atom. The summed E-state index contributed by atoms with van der Waals surface area (Å²) in [5, 5.41) is 5.50. The van der Waals surface area contributed by atoms with E-state index in [9.17, 15) is 22.8 Å². The fourth-order valence-electron chi connectivity index (χ4n) is 3.82. The van der Waals surface area contributed by atoms with Crippen molar-refractivity contribution in [3.05, 3.63) is 36.4 Å². The molecule has 29 heavy (non-hydrogen) atoms. The van der Waals surface area contributed by atoms with Crippen LogP contribution in [0.3, 0.4) is 0 Å². The molecule has 9 heteroatoms. The molecule has 2 amide bonds. The van der Waals surface area contributed by atoms with Crippen LogP contribution in [0.5, 0.6) is 0 Å². The highest BCUT2D eigenvalue weighted by atomic mass is 32.2. The third kappa shape index (κ3) is 5.68. The van der Waals surface area contributed by atoms with Crippen molar-refractivity contribution >= 4 is 29.4 Å². The van der Waals surface area contributed by atoms with E-state index >= 15 is 0 Å². The first kappa shape index (κ1) is 21.5. The van der Waals surface area contributed by atoms with E-state index in [4.69, 9.17) is 4.74 Å². The number of hydrogen-bond donors (Lipinski definition) is 2. The first-order valence-corrected chi connectivity index (χ1v) is 10.1. The van der Waals surface area contributed by atoms with E-state index in [0.717, 1.165) is 6.42 Å². The molecule has 0 aromatic heterocycles. The summed E-state index contributed by atoms with van der Waals surface area (Å²) < 4.78 is 43.1. The molecule has 3 rings (SSSR count). The molecule has 2 aliphatic carbocycles. The van der Waals surface area contributed by atoms with Crippen LogP contribution in [0.15, 0.2) is 41.3 Å². The molecule has 2 bridgehead atoms. The fraction of sp³-hybridized carbons (Fsp3) is 0.500. The molecule has 1 saturated carbocycles. The van der Waals surface area contributed by atoms with Crippen LogP contribution in [-0.2, 0) is 9.53 Å². The van der Waals surface area contributed by atoms with Crippen molar-refractivity contribution in [1.29, 1.82) is 0 Å². The number of alkyl halides is 3. The summed E-state index contributed by atoms with van der Waals surface area (Å²) in [5.74, 6) is -0.864. The van der Waals surface area contributed by atoms with Gasteiger partial charge in [0.05, 0.1) is 12.0 Å². The van der Waals surface area contributed by atoms with Crippen molar-refractivity contribution in [2.75, 3.05) is 5.32 Å². The summed E-state index contributed by atoms with van der Waals surface area (Å²) in [4.78, 5) is 25.1. The number of amides is 2. The number of ether oxygens (including phenoxy) is 1. The van der Waals surface area contributed by atoms with Crippen LogP contribution in [0.25, 0.3) is 0 Å². The monoisotopic (exact) mass is 428 g/mol. The Morgan fingerprint density at radius 1 is 1.14 bits per heavy atom. The van der Waals surface area contributed by atoms with Crippen molar-refractivity contribution < 1.29 is 27.5 Å². The summed E-state index contributed by atoms with van der Waals surface area (Å²) in [6.07, 6.45) is 4.09. The second kappa shape index (κ2) is 7.93. The van der Waals surface area contributed by atoms with Gasteiger partial charge in [0.15, 0.2) is 0 Å². The van der Waals surface area contributed by atoms with Crippen molar-refractivity contribution in [3.63, 3.8) is 0 Å². The Morgan fingerprint density at radius 3 is 2.48 bits per heavy atom. The number of halogens is 3. The molecular formula is C20H23F3N2O3S. The lowest BCUT2D eigenvalue weighted by atomic mass is 9.88. The van der Waals surface area contributed by atoms with Crippen LogP contribution in [0, 0.1) is 17.8 Å². The number of nitrogens with one attached hydrogen (secondary N) is 2. The number of carbonyl (C=O) groups is 2. The predicted octanol–water partition coefficient (Wildman–Crippen LogP) is 4.95. The average molecular weight is 428 g/mol. The molecule has 5 nitrogen and oxygen atoms in total. The highest BCUT2D eigenvalue weighted by Crippen LogP contribution is 2.44. The van der Waals surface area contributed by atoms with Gasteiger partial charge in [-0.1, -0.05) is 18.2 Å². The second-order valence-electron chi connectivity index (χ2n) is 8.21. The van der Waals surface area contributed by atoms with Crippen LogP contribution in [0.4, 0.5) is 23.7 Å². The van der Waals surface area contributed by atoms with Crippen LogP contribution in [-0.4, -0.2) is 29.2 Å². The lowest BCUT2D eigenvalue weighted by Gasteiger charge is -2.29. The summed E-state index contributed by atoms with van der Waals surface area (Å²) in [7, 11) is 0. The van der Waals surface area contributed by atoms with E-state index in [0.29, 0.717) is 0 Å². The summed E-state index contributed by atoms with van der Waals surface area (Å²) in [6, 6.07) is 5.20. The highest BCUT2D eigenvalue weighted by molar-refractivity contribution is 8.00. The van der Waals surface area contributed by atoms with Gasteiger partial charge in [-0.3, -0.25) is 4.79 Å².